The molecule has 0 saturated heterocycles. The van der Waals surface area contributed by atoms with Gasteiger partial charge in [-0.05, 0) is 24.0 Å². The summed E-state index contributed by atoms with van der Waals surface area (Å²) in [4.78, 5) is 13.6. The number of benzene rings is 1. The Hall–Kier alpha value is -1.51. The lowest BCUT2D eigenvalue weighted by atomic mass is 9.96. The maximum Gasteiger partial charge on any atom is 0.260 e. The van der Waals surface area contributed by atoms with Crippen molar-refractivity contribution < 1.29 is 9.53 Å². The van der Waals surface area contributed by atoms with Crippen molar-refractivity contribution in [2.24, 2.45) is 5.41 Å². The molecule has 0 aliphatic carbocycles. The number of hydrogen-bond acceptors (Lipinski definition) is 2. The van der Waals surface area contributed by atoms with Gasteiger partial charge in [0.15, 0.2) is 6.61 Å². The van der Waals surface area contributed by atoms with Gasteiger partial charge < -0.3 is 9.64 Å². The summed E-state index contributed by atoms with van der Waals surface area (Å²) < 4.78 is 5.54. The van der Waals surface area contributed by atoms with E-state index in [0.717, 1.165) is 17.9 Å². The number of amides is 1. The minimum absolute atomic E-state index is 0.00757. The number of carbonyl (C=O) groups excluding carboxylic acids is 1. The average molecular weight is 249 g/mol. The molecule has 3 heteroatoms. The zero-order valence-corrected chi connectivity index (χ0v) is 12.0. The van der Waals surface area contributed by atoms with Crippen LogP contribution in [0.15, 0.2) is 24.3 Å². The van der Waals surface area contributed by atoms with Gasteiger partial charge in [0.2, 0.25) is 0 Å². The van der Waals surface area contributed by atoms with Gasteiger partial charge in [0.25, 0.3) is 5.91 Å². The second-order valence-corrected chi connectivity index (χ2v) is 5.86. The van der Waals surface area contributed by atoms with Crippen molar-refractivity contribution in [3.63, 3.8) is 0 Å². The molecule has 0 spiro atoms. The summed E-state index contributed by atoms with van der Waals surface area (Å²) in [5.41, 5.74) is 1.15. The van der Waals surface area contributed by atoms with E-state index in [2.05, 4.69) is 20.8 Å². The first-order chi connectivity index (χ1) is 8.29. The van der Waals surface area contributed by atoms with Crippen LogP contribution in [0.4, 0.5) is 0 Å². The first-order valence-corrected chi connectivity index (χ1v) is 6.22. The van der Waals surface area contributed by atoms with Crippen LogP contribution in [0.3, 0.4) is 0 Å². The lowest BCUT2D eigenvalue weighted by Crippen LogP contribution is -2.37. The summed E-state index contributed by atoms with van der Waals surface area (Å²) in [5.74, 6) is 0.781. The molecule has 18 heavy (non-hydrogen) atoms. The van der Waals surface area contributed by atoms with E-state index in [1.807, 2.05) is 38.2 Å². The van der Waals surface area contributed by atoms with Gasteiger partial charge in [0.1, 0.15) is 5.75 Å². The largest absolute Gasteiger partial charge is 0.484 e. The molecule has 0 aliphatic heterocycles. The highest BCUT2D eigenvalue weighted by Gasteiger charge is 2.18. The number of rotatable bonds is 4. The lowest BCUT2D eigenvalue weighted by Gasteiger charge is -2.26. The molecule has 0 fully saturated rings. The third kappa shape index (κ3) is 4.78. The number of hydrogen-bond donors (Lipinski definition) is 0. The van der Waals surface area contributed by atoms with Crippen LogP contribution in [0, 0.1) is 12.3 Å². The number of para-hydroxylation sites is 1. The van der Waals surface area contributed by atoms with E-state index in [1.54, 1.807) is 4.90 Å². The van der Waals surface area contributed by atoms with Gasteiger partial charge in [-0.1, -0.05) is 39.0 Å². The Morgan fingerprint density at radius 1 is 1.28 bits per heavy atom. The normalized spacial score (nSPS) is 11.2. The number of likely N-dealkylation sites (N-methyl/N-ethyl adjacent to an activating group) is 1. The smallest absolute Gasteiger partial charge is 0.260 e. The highest BCUT2D eigenvalue weighted by atomic mass is 16.5. The molecule has 0 aliphatic rings. The second-order valence-electron chi connectivity index (χ2n) is 5.86. The van der Waals surface area contributed by atoms with Crippen LogP contribution in [-0.2, 0) is 4.79 Å². The minimum Gasteiger partial charge on any atom is -0.484 e. The molecule has 0 aromatic heterocycles. The van der Waals surface area contributed by atoms with Crippen LogP contribution in [0.1, 0.15) is 26.3 Å². The minimum atomic E-state index is 0.00757. The fraction of sp³-hybridized carbons (Fsp3) is 0.533. The molecule has 1 aromatic rings. The van der Waals surface area contributed by atoms with E-state index in [9.17, 15) is 4.79 Å². The fourth-order valence-corrected chi connectivity index (χ4v) is 1.77. The Bertz CT molecular complexity index is 407. The van der Waals surface area contributed by atoms with Crippen molar-refractivity contribution in [3.05, 3.63) is 29.8 Å². The highest BCUT2D eigenvalue weighted by molar-refractivity contribution is 5.77. The Kier molecular flexibility index (Phi) is 4.76. The second kappa shape index (κ2) is 5.89. The van der Waals surface area contributed by atoms with E-state index in [4.69, 9.17) is 4.74 Å². The first-order valence-electron chi connectivity index (χ1n) is 6.22. The van der Waals surface area contributed by atoms with Gasteiger partial charge in [-0.25, -0.2) is 0 Å². The molecular weight excluding hydrogens is 226 g/mol. The van der Waals surface area contributed by atoms with Gasteiger partial charge >= 0.3 is 0 Å². The monoisotopic (exact) mass is 249 g/mol. The summed E-state index contributed by atoms with van der Waals surface area (Å²) in [6, 6.07) is 7.71. The van der Waals surface area contributed by atoms with Crippen LogP contribution in [-0.4, -0.2) is 31.0 Å². The third-order valence-electron chi connectivity index (χ3n) is 2.58. The molecule has 0 heterocycles. The van der Waals surface area contributed by atoms with Gasteiger partial charge in [-0.3, -0.25) is 4.79 Å². The molecule has 0 unspecified atom stereocenters. The molecule has 0 atom stereocenters. The van der Waals surface area contributed by atoms with E-state index < -0.39 is 0 Å². The molecule has 0 N–H and O–H groups in total. The van der Waals surface area contributed by atoms with Crippen LogP contribution in [0.2, 0.25) is 0 Å². The van der Waals surface area contributed by atoms with Crippen LogP contribution >= 0.6 is 0 Å². The van der Waals surface area contributed by atoms with Gasteiger partial charge in [-0.15, -0.1) is 0 Å². The molecule has 3 nitrogen and oxygen atoms in total. The molecule has 100 valence electrons. The fourth-order valence-electron chi connectivity index (χ4n) is 1.77. The number of aryl methyl sites for hydroxylation is 1. The van der Waals surface area contributed by atoms with Gasteiger partial charge in [-0.2, -0.15) is 0 Å². The van der Waals surface area contributed by atoms with Crippen molar-refractivity contribution in [2.45, 2.75) is 27.7 Å². The van der Waals surface area contributed by atoms with Crippen molar-refractivity contribution in [3.8, 4) is 5.75 Å². The van der Waals surface area contributed by atoms with Crippen molar-refractivity contribution in [1.29, 1.82) is 0 Å². The third-order valence-corrected chi connectivity index (χ3v) is 2.58. The summed E-state index contributed by atoms with van der Waals surface area (Å²) in [6.07, 6.45) is 0. The lowest BCUT2D eigenvalue weighted by molar-refractivity contribution is -0.133. The van der Waals surface area contributed by atoms with Gasteiger partial charge in [0, 0.05) is 13.6 Å². The van der Waals surface area contributed by atoms with E-state index in [-0.39, 0.29) is 17.9 Å². The van der Waals surface area contributed by atoms with Crippen molar-refractivity contribution >= 4 is 5.91 Å². The maximum absolute atomic E-state index is 11.9. The van der Waals surface area contributed by atoms with Crippen LogP contribution < -0.4 is 4.74 Å². The van der Waals surface area contributed by atoms with Crippen molar-refractivity contribution in [1.82, 2.24) is 4.90 Å². The number of ether oxygens (including phenoxy) is 1. The zero-order chi connectivity index (χ0) is 13.8. The first kappa shape index (κ1) is 14.6. The average Bonchev–Trinajstić information content (AvgIpc) is 2.25. The Morgan fingerprint density at radius 3 is 2.44 bits per heavy atom. The SMILES string of the molecule is Cc1ccccc1OCC(=O)N(C)CC(C)(C)C. The number of nitrogens with zero attached hydrogens (tertiary/aromatic N) is 1. The molecule has 0 bridgehead atoms. The predicted octanol–water partition coefficient (Wildman–Crippen LogP) is 2.88. The molecule has 1 amide bonds. The summed E-state index contributed by atoms with van der Waals surface area (Å²) >= 11 is 0. The summed E-state index contributed by atoms with van der Waals surface area (Å²) in [6.45, 7) is 9.12. The maximum atomic E-state index is 11.9. The van der Waals surface area contributed by atoms with Crippen LogP contribution in [0.25, 0.3) is 0 Å². The molecular formula is C15H23NO2. The van der Waals surface area contributed by atoms with Crippen molar-refractivity contribution in [2.75, 3.05) is 20.2 Å². The quantitative estimate of drug-likeness (QED) is 0.821. The zero-order valence-electron chi connectivity index (χ0n) is 12.0. The summed E-state index contributed by atoms with van der Waals surface area (Å²) in [5, 5.41) is 0. The standard InChI is InChI=1S/C15H23NO2/c1-12-8-6-7-9-13(12)18-10-14(17)16(5)11-15(2,3)4/h6-9H,10-11H2,1-5H3. The van der Waals surface area contributed by atoms with E-state index in [1.165, 1.54) is 0 Å². The van der Waals surface area contributed by atoms with Crippen LogP contribution in [0.5, 0.6) is 5.75 Å². The van der Waals surface area contributed by atoms with Gasteiger partial charge in [0.05, 0.1) is 0 Å². The molecule has 0 saturated carbocycles. The summed E-state index contributed by atoms with van der Waals surface area (Å²) in [7, 11) is 1.81. The number of carbonyl (C=O) groups is 1. The topological polar surface area (TPSA) is 29.5 Å². The Balaban J connectivity index is 2.49. The Labute approximate surface area is 110 Å². The molecule has 1 aromatic carbocycles. The Morgan fingerprint density at radius 2 is 1.89 bits per heavy atom. The molecule has 0 radical (unpaired) electrons. The predicted molar refractivity (Wildman–Crippen MR) is 73.8 cm³/mol. The van der Waals surface area contributed by atoms with E-state index in [0.29, 0.717) is 0 Å². The van der Waals surface area contributed by atoms with E-state index >= 15 is 0 Å². The molecule has 1 rings (SSSR count). The highest BCUT2D eigenvalue weighted by Crippen LogP contribution is 2.17.